The highest BCUT2D eigenvalue weighted by Gasteiger charge is 2.29. The third-order valence-corrected chi connectivity index (χ3v) is 4.98. The molecule has 0 spiro atoms. The molecular weight excluding hydrogens is 445 g/mol. The predicted molar refractivity (Wildman–Crippen MR) is 122 cm³/mol. The van der Waals surface area contributed by atoms with Crippen molar-refractivity contribution in [3.05, 3.63) is 108 Å². The summed E-state index contributed by atoms with van der Waals surface area (Å²) in [6.45, 7) is 3.71. The first-order chi connectivity index (χ1) is 16.2. The Labute approximate surface area is 194 Å². The molecule has 174 valence electrons. The number of benzene rings is 2. The Kier molecular flexibility index (Phi) is 7.63. The molecule has 0 aliphatic heterocycles. The molecule has 1 aromatic heterocycles. The normalized spacial score (nSPS) is 11.3. The van der Waals surface area contributed by atoms with Gasteiger partial charge in [-0.2, -0.15) is 13.2 Å². The largest absolute Gasteiger partial charge is 0.464 e. The lowest BCUT2D eigenvalue weighted by Crippen LogP contribution is -2.32. The van der Waals surface area contributed by atoms with Gasteiger partial charge in [-0.25, -0.2) is 4.79 Å². The highest BCUT2D eigenvalue weighted by atomic mass is 19.4. The minimum Gasteiger partial charge on any atom is -0.464 e. The van der Waals surface area contributed by atoms with Gasteiger partial charge in [-0.05, 0) is 52.6 Å². The highest BCUT2D eigenvalue weighted by Crippen LogP contribution is 2.29. The molecule has 0 saturated carbocycles. The van der Waals surface area contributed by atoms with E-state index in [2.05, 4.69) is 11.6 Å². The number of esters is 1. The molecule has 0 fully saturated rings. The fraction of sp³-hybridized carbons (Fsp3) is 0.115. The van der Waals surface area contributed by atoms with Crippen molar-refractivity contribution in [3.8, 4) is 11.1 Å². The van der Waals surface area contributed by atoms with Gasteiger partial charge in [-0.15, -0.1) is 0 Å². The van der Waals surface area contributed by atoms with Gasteiger partial charge in [0.15, 0.2) is 0 Å². The number of pyridine rings is 1. The monoisotopic (exact) mass is 466 g/mol. The number of alkyl halides is 3. The molecule has 5 nitrogen and oxygen atoms in total. The second-order valence-corrected chi connectivity index (χ2v) is 7.25. The Morgan fingerprint density at radius 2 is 1.56 bits per heavy atom. The van der Waals surface area contributed by atoms with Crippen molar-refractivity contribution in [3.63, 3.8) is 0 Å². The van der Waals surface area contributed by atoms with Crippen LogP contribution in [0.1, 0.15) is 16.7 Å². The Morgan fingerprint density at radius 1 is 0.971 bits per heavy atom. The van der Waals surface area contributed by atoms with Crippen LogP contribution < -0.4 is 0 Å². The predicted octanol–water partition coefficient (Wildman–Crippen LogP) is 5.50. The van der Waals surface area contributed by atoms with Crippen LogP contribution in [0.25, 0.3) is 17.2 Å². The number of amides is 1. The van der Waals surface area contributed by atoms with E-state index < -0.39 is 23.6 Å². The highest BCUT2D eigenvalue weighted by molar-refractivity contribution is 5.99. The lowest BCUT2D eigenvalue weighted by molar-refractivity contribution is -0.141. The third kappa shape index (κ3) is 6.19. The molecule has 1 heterocycles. The Balaban J connectivity index is 1.79. The topological polar surface area (TPSA) is 59.5 Å². The van der Waals surface area contributed by atoms with Gasteiger partial charge in [0, 0.05) is 18.5 Å². The number of methoxy groups -OCH3 is 1. The van der Waals surface area contributed by atoms with Gasteiger partial charge in [0.25, 0.3) is 5.91 Å². The van der Waals surface area contributed by atoms with E-state index in [1.165, 1.54) is 31.4 Å². The van der Waals surface area contributed by atoms with Crippen molar-refractivity contribution in [2.24, 2.45) is 0 Å². The van der Waals surface area contributed by atoms with Crippen molar-refractivity contribution >= 4 is 18.0 Å². The van der Waals surface area contributed by atoms with E-state index in [9.17, 15) is 22.8 Å². The van der Waals surface area contributed by atoms with Gasteiger partial charge >= 0.3 is 12.1 Å². The second kappa shape index (κ2) is 10.6. The number of carbonyl (C=O) groups is 2. The maximum absolute atomic E-state index is 12.9. The van der Waals surface area contributed by atoms with Gasteiger partial charge in [-0.1, -0.05) is 43.0 Å². The number of nitrogens with zero attached hydrogens (tertiary/aromatic N) is 2. The third-order valence-electron chi connectivity index (χ3n) is 4.98. The number of hydrogen-bond acceptors (Lipinski definition) is 4. The molecule has 34 heavy (non-hydrogen) atoms. The molecule has 0 radical (unpaired) electrons. The van der Waals surface area contributed by atoms with Gasteiger partial charge in [-0.3, -0.25) is 14.7 Å². The van der Waals surface area contributed by atoms with Gasteiger partial charge in [0.1, 0.15) is 5.70 Å². The summed E-state index contributed by atoms with van der Waals surface area (Å²) in [6.07, 6.45) is 1.47. The number of ether oxygens (including phenoxy) is 1. The summed E-state index contributed by atoms with van der Waals surface area (Å²) < 4.78 is 42.9. The molecule has 0 N–H and O–H groups in total. The molecule has 0 unspecified atom stereocenters. The van der Waals surface area contributed by atoms with Crippen LogP contribution in [0.4, 0.5) is 13.2 Å². The summed E-state index contributed by atoms with van der Waals surface area (Å²) in [6, 6.07) is 15.5. The number of rotatable bonds is 7. The Bertz CT molecular complexity index is 1190. The Hall–Kier alpha value is -4.20. The minimum atomic E-state index is -4.44. The zero-order chi connectivity index (χ0) is 24.7. The molecule has 3 rings (SSSR count). The van der Waals surface area contributed by atoms with Crippen LogP contribution in [-0.2, 0) is 27.0 Å². The summed E-state index contributed by atoms with van der Waals surface area (Å²) >= 11 is 0. The zero-order valence-corrected chi connectivity index (χ0v) is 18.3. The van der Waals surface area contributed by atoms with Crippen LogP contribution in [-0.4, -0.2) is 28.9 Å². The fourth-order valence-electron chi connectivity index (χ4n) is 3.10. The average Bonchev–Trinajstić information content (AvgIpc) is 2.85. The van der Waals surface area contributed by atoms with E-state index >= 15 is 0 Å². The van der Waals surface area contributed by atoms with E-state index in [1.54, 1.807) is 12.4 Å². The molecule has 1 amide bonds. The smallest absolute Gasteiger partial charge is 0.416 e. The second-order valence-electron chi connectivity index (χ2n) is 7.25. The zero-order valence-electron chi connectivity index (χ0n) is 18.3. The molecule has 2 aromatic carbocycles. The van der Waals surface area contributed by atoms with E-state index in [-0.39, 0.29) is 12.2 Å². The first-order valence-corrected chi connectivity index (χ1v) is 10.1. The molecule has 3 aromatic rings. The van der Waals surface area contributed by atoms with Crippen molar-refractivity contribution in [2.75, 3.05) is 7.11 Å². The van der Waals surface area contributed by atoms with Crippen LogP contribution in [0.2, 0.25) is 0 Å². The molecule has 0 aliphatic carbocycles. The molecule has 0 saturated heterocycles. The molecule has 8 heteroatoms. The van der Waals surface area contributed by atoms with E-state index in [4.69, 9.17) is 4.74 Å². The summed E-state index contributed by atoms with van der Waals surface area (Å²) in [4.78, 5) is 30.1. The van der Waals surface area contributed by atoms with Crippen LogP contribution >= 0.6 is 0 Å². The first-order valence-electron chi connectivity index (χ1n) is 10.1. The van der Waals surface area contributed by atoms with Gasteiger partial charge in [0.05, 0.1) is 19.2 Å². The standard InChI is InChI=1S/C26H21F3N2O3/c1-18(25(33)34-2)31(17-20-3-8-21(9-4-20)22-13-15-30-16-14-22)24(32)12-7-19-5-10-23(11-6-19)26(27,28)29/h3-16H,1,17H2,2H3/b12-7+. The van der Waals surface area contributed by atoms with Crippen LogP contribution in [0.5, 0.6) is 0 Å². The SMILES string of the molecule is C=C(C(=O)OC)N(Cc1ccc(-c2ccncc2)cc1)C(=O)/C=C/c1ccc(C(F)(F)F)cc1. The van der Waals surface area contributed by atoms with Crippen molar-refractivity contribution < 1.29 is 27.5 Å². The maximum atomic E-state index is 12.9. The van der Waals surface area contributed by atoms with E-state index in [0.29, 0.717) is 5.56 Å². The van der Waals surface area contributed by atoms with Crippen LogP contribution in [0.15, 0.2) is 91.4 Å². The van der Waals surface area contributed by atoms with Crippen molar-refractivity contribution in [1.29, 1.82) is 0 Å². The number of hydrogen-bond donors (Lipinski definition) is 0. The van der Waals surface area contributed by atoms with E-state index in [0.717, 1.165) is 33.7 Å². The molecular formula is C26H21F3N2O3. The van der Waals surface area contributed by atoms with Crippen LogP contribution in [0.3, 0.4) is 0 Å². The molecule has 0 atom stereocenters. The lowest BCUT2D eigenvalue weighted by Gasteiger charge is -2.22. The quantitative estimate of drug-likeness (QED) is 0.341. The summed E-state index contributed by atoms with van der Waals surface area (Å²) in [5.41, 5.74) is 2.12. The van der Waals surface area contributed by atoms with Crippen molar-refractivity contribution in [1.82, 2.24) is 9.88 Å². The summed E-state index contributed by atoms with van der Waals surface area (Å²) in [5.74, 6) is -1.35. The number of aromatic nitrogens is 1. The number of halogens is 3. The number of carbonyl (C=O) groups excluding carboxylic acids is 2. The first kappa shape index (κ1) is 24.4. The lowest BCUT2D eigenvalue weighted by atomic mass is 10.0. The molecule has 0 bridgehead atoms. The van der Waals surface area contributed by atoms with Crippen LogP contribution in [0, 0.1) is 0 Å². The van der Waals surface area contributed by atoms with Crippen molar-refractivity contribution in [2.45, 2.75) is 12.7 Å². The van der Waals surface area contributed by atoms with E-state index in [1.807, 2.05) is 36.4 Å². The average molecular weight is 466 g/mol. The summed E-state index contributed by atoms with van der Waals surface area (Å²) in [5, 5.41) is 0. The fourth-order valence-corrected chi connectivity index (χ4v) is 3.10. The van der Waals surface area contributed by atoms with Gasteiger partial charge in [0.2, 0.25) is 0 Å². The minimum absolute atomic E-state index is 0.0424. The molecule has 0 aliphatic rings. The maximum Gasteiger partial charge on any atom is 0.416 e. The summed E-state index contributed by atoms with van der Waals surface area (Å²) in [7, 11) is 1.18. The van der Waals surface area contributed by atoms with Gasteiger partial charge < -0.3 is 4.74 Å². The Morgan fingerprint density at radius 3 is 2.12 bits per heavy atom.